The zero-order valence-electron chi connectivity index (χ0n) is 12.6. The van der Waals surface area contributed by atoms with E-state index in [1.165, 1.54) is 30.3 Å². The van der Waals surface area contributed by atoms with Crippen LogP contribution in [0.5, 0.6) is 5.75 Å². The molecule has 8 nitrogen and oxygen atoms in total. The van der Waals surface area contributed by atoms with Crippen LogP contribution in [0.25, 0.3) is 11.0 Å². The van der Waals surface area contributed by atoms with Gasteiger partial charge in [-0.15, -0.1) is 0 Å². The molecule has 1 aliphatic heterocycles. The summed E-state index contributed by atoms with van der Waals surface area (Å²) in [6, 6.07) is 10.2. The van der Waals surface area contributed by atoms with Crippen LogP contribution in [-0.4, -0.2) is 23.2 Å². The van der Waals surface area contributed by atoms with E-state index in [2.05, 4.69) is 5.32 Å². The van der Waals surface area contributed by atoms with Crippen LogP contribution in [-0.2, 0) is 4.79 Å². The molecule has 1 N–H and O–H groups in total. The number of carbonyl (C=O) groups is 2. The molecule has 2 heterocycles. The Morgan fingerprint density at radius 1 is 1.16 bits per heavy atom. The summed E-state index contributed by atoms with van der Waals surface area (Å²) in [5, 5.41) is 13.9. The van der Waals surface area contributed by atoms with E-state index in [4.69, 9.17) is 9.15 Å². The molecule has 4 rings (SSSR count). The van der Waals surface area contributed by atoms with Crippen molar-refractivity contribution in [1.29, 1.82) is 0 Å². The van der Waals surface area contributed by atoms with E-state index in [0.29, 0.717) is 28.0 Å². The number of nitro benzene ring substituents is 1. The van der Waals surface area contributed by atoms with Gasteiger partial charge in [-0.25, -0.2) is 0 Å². The van der Waals surface area contributed by atoms with Crippen LogP contribution < -0.4 is 10.1 Å². The van der Waals surface area contributed by atoms with Gasteiger partial charge in [0.05, 0.1) is 10.6 Å². The zero-order valence-corrected chi connectivity index (χ0v) is 12.6. The predicted molar refractivity (Wildman–Crippen MR) is 86.9 cm³/mol. The quantitative estimate of drug-likeness (QED) is 0.446. The van der Waals surface area contributed by atoms with E-state index in [-0.39, 0.29) is 24.0 Å². The van der Waals surface area contributed by atoms with Gasteiger partial charge in [0.15, 0.2) is 12.4 Å². The number of benzene rings is 2. The molecule has 1 amide bonds. The number of nitrogens with one attached hydrogen (secondary N) is 1. The molecule has 1 aliphatic rings. The molecule has 0 radical (unpaired) electrons. The highest BCUT2D eigenvalue weighted by molar-refractivity contribution is 6.10. The SMILES string of the molecule is O=C1COc2ccc(C(=O)c3cc4cc([N+](=O)[O-])ccc4o3)cc2N1. The summed E-state index contributed by atoms with van der Waals surface area (Å²) in [5.41, 5.74) is 1.01. The first-order valence-corrected chi connectivity index (χ1v) is 7.31. The summed E-state index contributed by atoms with van der Waals surface area (Å²) < 4.78 is 10.7. The van der Waals surface area contributed by atoms with Crippen LogP contribution in [0.3, 0.4) is 0 Å². The van der Waals surface area contributed by atoms with Crippen LogP contribution in [0.4, 0.5) is 11.4 Å². The molecule has 0 fully saturated rings. The molecule has 0 saturated heterocycles. The molecular formula is C17H10N2O6. The molecule has 25 heavy (non-hydrogen) atoms. The van der Waals surface area contributed by atoms with E-state index in [9.17, 15) is 19.7 Å². The van der Waals surface area contributed by atoms with Gasteiger partial charge >= 0.3 is 0 Å². The van der Waals surface area contributed by atoms with Crippen molar-refractivity contribution >= 4 is 34.0 Å². The number of anilines is 1. The number of ether oxygens (including phenoxy) is 1. The third-order valence-electron chi connectivity index (χ3n) is 3.81. The first-order chi connectivity index (χ1) is 12.0. The predicted octanol–water partition coefficient (Wildman–Crippen LogP) is 2.90. The molecule has 0 aliphatic carbocycles. The Morgan fingerprint density at radius 3 is 2.80 bits per heavy atom. The standard InChI is InChI=1S/C17H10N2O6/c20-16-8-24-14-3-1-9(6-12(14)18-16)17(21)15-7-10-5-11(19(22)23)2-4-13(10)25-15/h1-7H,8H2,(H,18,20). The van der Waals surface area contributed by atoms with Gasteiger partial charge in [-0.05, 0) is 30.3 Å². The largest absolute Gasteiger partial charge is 0.482 e. The molecule has 124 valence electrons. The van der Waals surface area contributed by atoms with Gasteiger partial charge in [-0.1, -0.05) is 0 Å². The van der Waals surface area contributed by atoms with Crippen molar-refractivity contribution in [3.63, 3.8) is 0 Å². The number of rotatable bonds is 3. The van der Waals surface area contributed by atoms with Gasteiger partial charge in [0.2, 0.25) is 5.78 Å². The molecule has 8 heteroatoms. The molecular weight excluding hydrogens is 328 g/mol. The Hall–Kier alpha value is -3.68. The van der Waals surface area contributed by atoms with E-state index in [1.54, 1.807) is 12.1 Å². The van der Waals surface area contributed by atoms with Crippen LogP contribution in [0.15, 0.2) is 46.9 Å². The number of carbonyl (C=O) groups excluding carboxylic acids is 2. The Bertz CT molecular complexity index is 1050. The van der Waals surface area contributed by atoms with Crippen molar-refractivity contribution in [3.8, 4) is 5.75 Å². The number of fused-ring (bicyclic) bond motifs is 2. The van der Waals surface area contributed by atoms with E-state index in [0.717, 1.165) is 0 Å². The first-order valence-electron chi connectivity index (χ1n) is 7.31. The monoisotopic (exact) mass is 338 g/mol. The minimum Gasteiger partial charge on any atom is -0.482 e. The lowest BCUT2D eigenvalue weighted by Crippen LogP contribution is -2.25. The molecule has 0 spiro atoms. The Morgan fingerprint density at radius 2 is 2.00 bits per heavy atom. The fourth-order valence-corrected chi connectivity index (χ4v) is 2.62. The third kappa shape index (κ3) is 2.59. The van der Waals surface area contributed by atoms with Crippen molar-refractivity contribution in [1.82, 2.24) is 0 Å². The normalized spacial score (nSPS) is 13.0. The lowest BCUT2D eigenvalue weighted by Gasteiger charge is -2.18. The minimum absolute atomic E-state index is 0.0542. The number of amides is 1. The molecule has 0 saturated carbocycles. The van der Waals surface area contributed by atoms with Crippen molar-refractivity contribution in [2.24, 2.45) is 0 Å². The van der Waals surface area contributed by atoms with E-state index < -0.39 is 10.7 Å². The second kappa shape index (κ2) is 5.45. The smallest absolute Gasteiger partial charge is 0.270 e. The van der Waals surface area contributed by atoms with Crippen molar-refractivity contribution in [3.05, 3.63) is 63.9 Å². The minimum atomic E-state index is -0.514. The maximum Gasteiger partial charge on any atom is 0.270 e. The number of nitro groups is 1. The molecule has 0 unspecified atom stereocenters. The van der Waals surface area contributed by atoms with Gasteiger partial charge < -0.3 is 14.5 Å². The van der Waals surface area contributed by atoms with Gasteiger partial charge in [-0.3, -0.25) is 19.7 Å². The van der Waals surface area contributed by atoms with Crippen LogP contribution in [0.1, 0.15) is 16.1 Å². The topological polar surface area (TPSA) is 112 Å². The lowest BCUT2D eigenvalue weighted by molar-refractivity contribution is -0.384. The summed E-state index contributed by atoms with van der Waals surface area (Å²) in [6.07, 6.45) is 0. The zero-order chi connectivity index (χ0) is 17.6. The maximum absolute atomic E-state index is 12.6. The Labute approximate surface area is 140 Å². The summed E-state index contributed by atoms with van der Waals surface area (Å²) in [5.74, 6) is -0.162. The Balaban J connectivity index is 1.71. The number of hydrogen-bond donors (Lipinski definition) is 1. The lowest BCUT2D eigenvalue weighted by atomic mass is 10.1. The van der Waals surface area contributed by atoms with Gasteiger partial charge in [0, 0.05) is 23.1 Å². The number of nitrogens with zero attached hydrogens (tertiary/aromatic N) is 1. The Kier molecular flexibility index (Phi) is 3.24. The average Bonchev–Trinajstić information content (AvgIpc) is 3.03. The highest BCUT2D eigenvalue weighted by atomic mass is 16.6. The molecule has 0 atom stereocenters. The second-order valence-corrected chi connectivity index (χ2v) is 5.47. The van der Waals surface area contributed by atoms with Crippen molar-refractivity contribution in [2.45, 2.75) is 0 Å². The molecule has 1 aromatic heterocycles. The molecule has 0 bridgehead atoms. The highest BCUT2D eigenvalue weighted by Gasteiger charge is 2.21. The summed E-state index contributed by atoms with van der Waals surface area (Å²) in [4.78, 5) is 34.3. The van der Waals surface area contributed by atoms with Crippen LogP contribution >= 0.6 is 0 Å². The molecule has 3 aromatic rings. The fourth-order valence-electron chi connectivity index (χ4n) is 2.62. The van der Waals surface area contributed by atoms with Gasteiger partial charge in [0.25, 0.3) is 11.6 Å². The van der Waals surface area contributed by atoms with Crippen LogP contribution in [0.2, 0.25) is 0 Å². The van der Waals surface area contributed by atoms with Crippen LogP contribution in [0, 0.1) is 10.1 Å². The third-order valence-corrected chi connectivity index (χ3v) is 3.81. The number of furan rings is 1. The number of hydrogen-bond acceptors (Lipinski definition) is 6. The highest BCUT2D eigenvalue weighted by Crippen LogP contribution is 2.30. The summed E-state index contributed by atoms with van der Waals surface area (Å²) in [7, 11) is 0. The first kappa shape index (κ1) is 14.9. The van der Waals surface area contributed by atoms with E-state index in [1.807, 2.05) is 0 Å². The fraction of sp³-hybridized carbons (Fsp3) is 0.0588. The number of ketones is 1. The van der Waals surface area contributed by atoms with Gasteiger partial charge in [0.1, 0.15) is 11.3 Å². The summed E-state index contributed by atoms with van der Waals surface area (Å²) in [6.45, 7) is -0.0668. The second-order valence-electron chi connectivity index (χ2n) is 5.47. The van der Waals surface area contributed by atoms with Gasteiger partial charge in [-0.2, -0.15) is 0 Å². The molecule has 2 aromatic carbocycles. The average molecular weight is 338 g/mol. The summed E-state index contributed by atoms with van der Waals surface area (Å²) >= 11 is 0. The van der Waals surface area contributed by atoms with Crippen molar-refractivity contribution in [2.75, 3.05) is 11.9 Å². The number of non-ortho nitro benzene ring substituents is 1. The van der Waals surface area contributed by atoms with Crippen molar-refractivity contribution < 1.29 is 23.7 Å². The van der Waals surface area contributed by atoms with E-state index >= 15 is 0 Å². The maximum atomic E-state index is 12.6.